The molecular weight excluding hydrogens is 246 g/mol. The Kier molecular flexibility index (Phi) is 3.46. The molecule has 3 rings (SSSR count). The molecule has 0 N–H and O–H groups in total. The Morgan fingerprint density at radius 2 is 1.80 bits per heavy atom. The minimum atomic E-state index is 0.683. The number of fused-ring (bicyclic) bond motifs is 1. The maximum absolute atomic E-state index is 5.92. The summed E-state index contributed by atoms with van der Waals surface area (Å²) in [6.45, 7) is 5.77. The van der Waals surface area contributed by atoms with Gasteiger partial charge in [0.25, 0.3) is 0 Å². The van der Waals surface area contributed by atoms with E-state index in [1.165, 1.54) is 22.0 Å². The van der Waals surface area contributed by atoms with E-state index < -0.39 is 0 Å². The monoisotopic (exact) mass is 265 g/mol. The molecule has 20 heavy (non-hydrogen) atoms. The van der Waals surface area contributed by atoms with E-state index in [1.807, 2.05) is 12.1 Å². The van der Waals surface area contributed by atoms with Gasteiger partial charge in [0, 0.05) is 11.7 Å². The molecule has 1 heterocycles. The first kappa shape index (κ1) is 12.8. The lowest BCUT2D eigenvalue weighted by atomic mass is 10.1. The van der Waals surface area contributed by atoms with Crippen molar-refractivity contribution in [1.82, 2.24) is 4.57 Å². The second-order valence-corrected chi connectivity index (χ2v) is 5.11. The Balaban J connectivity index is 1.70. The van der Waals surface area contributed by atoms with Crippen LogP contribution < -0.4 is 4.74 Å². The molecule has 0 aliphatic rings. The smallest absolute Gasteiger partial charge is 0.122 e. The van der Waals surface area contributed by atoms with Gasteiger partial charge in [0.15, 0.2) is 0 Å². The summed E-state index contributed by atoms with van der Waals surface area (Å²) in [4.78, 5) is 0. The van der Waals surface area contributed by atoms with Gasteiger partial charge in [-0.15, -0.1) is 0 Å². The van der Waals surface area contributed by atoms with Gasteiger partial charge in [0.1, 0.15) is 12.4 Å². The topological polar surface area (TPSA) is 14.2 Å². The number of benzene rings is 2. The van der Waals surface area contributed by atoms with Crippen LogP contribution in [0.2, 0.25) is 0 Å². The molecular formula is C18H19NO. The third-order valence-electron chi connectivity index (χ3n) is 3.82. The summed E-state index contributed by atoms with van der Waals surface area (Å²) in [7, 11) is 0. The molecule has 0 radical (unpaired) electrons. The predicted molar refractivity (Wildman–Crippen MR) is 83.3 cm³/mol. The SMILES string of the molecule is Cc1cccc(OCCn2ccc3ccccc32)c1C. The van der Waals surface area contributed by atoms with Gasteiger partial charge in [-0.3, -0.25) is 0 Å². The highest BCUT2D eigenvalue weighted by Gasteiger charge is 2.03. The summed E-state index contributed by atoms with van der Waals surface area (Å²) in [6, 6.07) is 16.8. The maximum Gasteiger partial charge on any atom is 0.122 e. The van der Waals surface area contributed by atoms with E-state index in [4.69, 9.17) is 4.74 Å². The number of nitrogens with zero attached hydrogens (tertiary/aromatic N) is 1. The maximum atomic E-state index is 5.92. The third kappa shape index (κ3) is 2.42. The molecule has 2 heteroatoms. The first-order valence-electron chi connectivity index (χ1n) is 6.98. The predicted octanol–water partition coefficient (Wildman–Crippen LogP) is 4.34. The molecule has 2 aromatic carbocycles. The lowest BCUT2D eigenvalue weighted by molar-refractivity contribution is 0.298. The van der Waals surface area contributed by atoms with E-state index >= 15 is 0 Å². The Morgan fingerprint density at radius 3 is 2.70 bits per heavy atom. The van der Waals surface area contributed by atoms with Crippen molar-refractivity contribution in [1.29, 1.82) is 0 Å². The van der Waals surface area contributed by atoms with Crippen LogP contribution in [0, 0.1) is 13.8 Å². The van der Waals surface area contributed by atoms with Gasteiger partial charge in [-0.05, 0) is 48.6 Å². The van der Waals surface area contributed by atoms with Crippen LogP contribution in [0.3, 0.4) is 0 Å². The zero-order valence-electron chi connectivity index (χ0n) is 12.0. The summed E-state index contributed by atoms with van der Waals surface area (Å²) in [5.74, 6) is 0.987. The van der Waals surface area contributed by atoms with Gasteiger partial charge < -0.3 is 9.30 Å². The number of hydrogen-bond acceptors (Lipinski definition) is 1. The van der Waals surface area contributed by atoms with E-state index in [2.05, 4.69) is 61.0 Å². The van der Waals surface area contributed by atoms with Gasteiger partial charge in [-0.1, -0.05) is 30.3 Å². The Labute approximate surface area is 119 Å². The minimum absolute atomic E-state index is 0.683. The van der Waals surface area contributed by atoms with Crippen LogP contribution in [0.4, 0.5) is 0 Å². The van der Waals surface area contributed by atoms with Crippen LogP contribution >= 0.6 is 0 Å². The van der Waals surface area contributed by atoms with Crippen molar-refractivity contribution in [3.63, 3.8) is 0 Å². The minimum Gasteiger partial charge on any atom is -0.491 e. The van der Waals surface area contributed by atoms with Gasteiger partial charge >= 0.3 is 0 Å². The van der Waals surface area contributed by atoms with Crippen LogP contribution in [0.1, 0.15) is 11.1 Å². The number of rotatable bonds is 4. The molecule has 0 saturated heterocycles. The van der Waals surface area contributed by atoms with Gasteiger partial charge in [-0.2, -0.15) is 0 Å². The zero-order chi connectivity index (χ0) is 13.9. The van der Waals surface area contributed by atoms with Crippen molar-refractivity contribution in [3.8, 4) is 5.75 Å². The Morgan fingerprint density at radius 1 is 0.950 bits per heavy atom. The number of ether oxygens (including phenoxy) is 1. The van der Waals surface area contributed by atoms with Gasteiger partial charge in [0.2, 0.25) is 0 Å². The lowest BCUT2D eigenvalue weighted by Gasteiger charge is -2.11. The second-order valence-electron chi connectivity index (χ2n) is 5.11. The highest BCUT2D eigenvalue weighted by atomic mass is 16.5. The van der Waals surface area contributed by atoms with Crippen LogP contribution in [0.5, 0.6) is 5.75 Å². The first-order chi connectivity index (χ1) is 9.75. The van der Waals surface area contributed by atoms with Crippen molar-refractivity contribution in [2.45, 2.75) is 20.4 Å². The zero-order valence-corrected chi connectivity index (χ0v) is 12.0. The van der Waals surface area contributed by atoms with E-state index in [9.17, 15) is 0 Å². The molecule has 0 fully saturated rings. The van der Waals surface area contributed by atoms with E-state index in [0.717, 1.165) is 12.3 Å². The molecule has 0 unspecified atom stereocenters. The highest BCUT2D eigenvalue weighted by molar-refractivity contribution is 5.79. The number of aromatic nitrogens is 1. The average molecular weight is 265 g/mol. The fraction of sp³-hybridized carbons (Fsp3) is 0.222. The van der Waals surface area contributed by atoms with Crippen LogP contribution in [-0.4, -0.2) is 11.2 Å². The van der Waals surface area contributed by atoms with E-state index in [1.54, 1.807) is 0 Å². The fourth-order valence-corrected chi connectivity index (χ4v) is 2.47. The molecule has 0 saturated carbocycles. The normalized spacial score (nSPS) is 10.9. The summed E-state index contributed by atoms with van der Waals surface area (Å²) >= 11 is 0. The molecule has 0 amide bonds. The van der Waals surface area contributed by atoms with Crippen molar-refractivity contribution >= 4 is 10.9 Å². The summed E-state index contributed by atoms with van der Waals surface area (Å²) < 4.78 is 8.16. The van der Waals surface area contributed by atoms with E-state index in [-0.39, 0.29) is 0 Å². The van der Waals surface area contributed by atoms with Crippen LogP contribution in [0.25, 0.3) is 10.9 Å². The summed E-state index contributed by atoms with van der Waals surface area (Å²) in [5.41, 5.74) is 3.76. The molecule has 0 spiro atoms. The van der Waals surface area contributed by atoms with Crippen LogP contribution in [-0.2, 0) is 6.54 Å². The van der Waals surface area contributed by atoms with Crippen molar-refractivity contribution in [3.05, 3.63) is 65.9 Å². The van der Waals surface area contributed by atoms with E-state index in [0.29, 0.717) is 6.61 Å². The highest BCUT2D eigenvalue weighted by Crippen LogP contribution is 2.21. The fourth-order valence-electron chi connectivity index (χ4n) is 2.47. The first-order valence-corrected chi connectivity index (χ1v) is 6.98. The molecule has 0 aliphatic carbocycles. The summed E-state index contributed by atoms with van der Waals surface area (Å²) in [5, 5.41) is 1.28. The molecule has 102 valence electrons. The molecule has 0 atom stereocenters. The number of hydrogen-bond donors (Lipinski definition) is 0. The number of para-hydroxylation sites is 1. The average Bonchev–Trinajstić information content (AvgIpc) is 2.87. The molecule has 3 aromatic rings. The quantitative estimate of drug-likeness (QED) is 0.684. The van der Waals surface area contributed by atoms with Crippen molar-refractivity contribution in [2.75, 3.05) is 6.61 Å². The third-order valence-corrected chi connectivity index (χ3v) is 3.82. The van der Waals surface area contributed by atoms with Gasteiger partial charge in [0.05, 0.1) is 6.54 Å². The molecule has 0 aliphatic heterocycles. The standard InChI is InChI=1S/C18H19NO/c1-14-6-5-9-18(15(14)2)20-13-12-19-11-10-16-7-3-4-8-17(16)19/h3-11H,12-13H2,1-2H3. The molecule has 1 aromatic heterocycles. The Hall–Kier alpha value is -2.22. The van der Waals surface area contributed by atoms with Gasteiger partial charge in [-0.25, -0.2) is 0 Å². The molecule has 2 nitrogen and oxygen atoms in total. The lowest BCUT2D eigenvalue weighted by Crippen LogP contribution is -2.08. The largest absolute Gasteiger partial charge is 0.491 e. The Bertz CT molecular complexity index is 727. The van der Waals surface area contributed by atoms with Crippen molar-refractivity contribution < 1.29 is 4.74 Å². The number of aryl methyl sites for hydroxylation is 1. The molecule has 0 bridgehead atoms. The van der Waals surface area contributed by atoms with Crippen LogP contribution in [0.15, 0.2) is 54.7 Å². The second kappa shape index (κ2) is 5.41. The van der Waals surface area contributed by atoms with Crippen molar-refractivity contribution in [2.24, 2.45) is 0 Å². The summed E-state index contributed by atoms with van der Waals surface area (Å²) in [6.07, 6.45) is 2.12.